The van der Waals surface area contributed by atoms with Crippen LogP contribution in [-0.2, 0) is 0 Å². The van der Waals surface area contributed by atoms with Crippen LogP contribution in [0.3, 0.4) is 0 Å². The maximum atomic E-state index is 14.9. The van der Waals surface area contributed by atoms with Gasteiger partial charge in [-0.3, -0.25) is 0 Å². The van der Waals surface area contributed by atoms with Gasteiger partial charge in [0.15, 0.2) is 5.82 Å². The van der Waals surface area contributed by atoms with Crippen molar-refractivity contribution in [2.45, 2.75) is 24.7 Å². The van der Waals surface area contributed by atoms with E-state index in [4.69, 9.17) is 0 Å². The highest BCUT2D eigenvalue weighted by molar-refractivity contribution is 5.69. The molecule has 0 spiro atoms. The number of aromatic nitrogens is 4. The maximum absolute atomic E-state index is 14.9. The lowest BCUT2D eigenvalue weighted by atomic mass is 10.0. The van der Waals surface area contributed by atoms with Crippen molar-refractivity contribution in [3.63, 3.8) is 0 Å². The number of nitrogens with zero attached hydrogens (tertiary/aromatic N) is 6. The van der Waals surface area contributed by atoms with Gasteiger partial charge in [-0.1, -0.05) is 0 Å². The van der Waals surface area contributed by atoms with Crippen molar-refractivity contribution >= 4 is 5.82 Å². The SMILES string of the molecule is CN1C[C@@H]2C[C@H]1[C@H](F)[C@H]2N(C)c1ccc(-c2ccc(-n3ccnc3)cc2O)nn1. The molecular formula is C21H23FN6O. The summed E-state index contributed by atoms with van der Waals surface area (Å²) in [6, 6.07) is 8.85. The Balaban J connectivity index is 1.37. The third-order valence-corrected chi connectivity index (χ3v) is 6.33. The summed E-state index contributed by atoms with van der Waals surface area (Å²) >= 11 is 0. The standard InChI is InChI=1S/C21H23FN6O/c1-26-11-13-9-17(26)20(22)21(13)27(2)19-6-5-16(24-25-19)15-4-3-14(10-18(15)29)28-8-7-23-12-28/h3-8,10,12-13,17,20-21,29H,9,11H2,1-2H3/t13-,17-,20-,21-/m0/s1. The van der Waals surface area contributed by atoms with Crippen molar-refractivity contribution in [3.05, 3.63) is 49.1 Å². The number of imidazole rings is 1. The van der Waals surface area contributed by atoms with Crippen LogP contribution in [0.2, 0.25) is 0 Å². The summed E-state index contributed by atoms with van der Waals surface area (Å²) in [5.74, 6) is 1.07. The van der Waals surface area contributed by atoms with Gasteiger partial charge in [-0.25, -0.2) is 9.37 Å². The zero-order valence-electron chi connectivity index (χ0n) is 16.4. The second-order valence-electron chi connectivity index (χ2n) is 8.00. The number of piperidine rings is 1. The van der Waals surface area contributed by atoms with Gasteiger partial charge in [0.25, 0.3) is 0 Å². The van der Waals surface area contributed by atoms with Crippen LogP contribution in [0.15, 0.2) is 49.1 Å². The summed E-state index contributed by atoms with van der Waals surface area (Å²) < 4.78 is 16.7. The van der Waals surface area contributed by atoms with Gasteiger partial charge in [0, 0.05) is 43.7 Å². The van der Waals surface area contributed by atoms with Gasteiger partial charge in [-0.15, -0.1) is 10.2 Å². The number of likely N-dealkylation sites (tertiary alicyclic amines) is 1. The molecule has 29 heavy (non-hydrogen) atoms. The molecule has 7 nitrogen and oxygen atoms in total. The third kappa shape index (κ3) is 2.95. The lowest BCUT2D eigenvalue weighted by Gasteiger charge is -2.37. The fourth-order valence-corrected chi connectivity index (χ4v) is 4.83. The lowest BCUT2D eigenvalue weighted by Crippen LogP contribution is -2.51. The number of phenols is 1. The van der Waals surface area contributed by atoms with Gasteiger partial charge in [0.2, 0.25) is 0 Å². The van der Waals surface area contributed by atoms with Crippen LogP contribution >= 0.6 is 0 Å². The first-order valence-corrected chi connectivity index (χ1v) is 9.75. The molecule has 0 amide bonds. The molecule has 0 unspecified atom stereocenters. The Morgan fingerprint density at radius 2 is 2.07 bits per heavy atom. The highest BCUT2D eigenvalue weighted by Crippen LogP contribution is 2.42. The monoisotopic (exact) mass is 394 g/mol. The molecular weight excluding hydrogens is 371 g/mol. The fourth-order valence-electron chi connectivity index (χ4n) is 4.83. The molecule has 2 bridgehead atoms. The normalized spacial score (nSPS) is 26.2. The third-order valence-electron chi connectivity index (χ3n) is 6.33. The molecule has 1 saturated heterocycles. The fraction of sp³-hybridized carbons (Fsp3) is 0.381. The summed E-state index contributed by atoms with van der Waals surface area (Å²) in [5.41, 5.74) is 1.98. The highest BCUT2D eigenvalue weighted by atomic mass is 19.1. The Kier molecular flexibility index (Phi) is 4.24. The predicted molar refractivity (Wildman–Crippen MR) is 108 cm³/mol. The molecule has 2 aliphatic rings. The van der Waals surface area contributed by atoms with Crippen molar-refractivity contribution in [1.82, 2.24) is 24.6 Å². The Hall–Kier alpha value is -3.00. The molecule has 150 valence electrons. The molecule has 3 aromatic rings. The van der Waals surface area contributed by atoms with E-state index in [-0.39, 0.29) is 17.8 Å². The van der Waals surface area contributed by atoms with E-state index in [1.807, 2.05) is 48.0 Å². The van der Waals surface area contributed by atoms with Gasteiger partial charge < -0.3 is 19.5 Å². The number of fused-ring (bicyclic) bond motifs is 2. The van der Waals surface area contributed by atoms with Crippen LogP contribution in [0.4, 0.5) is 10.2 Å². The molecule has 1 aromatic carbocycles. The largest absolute Gasteiger partial charge is 0.507 e. The van der Waals surface area contributed by atoms with Crippen molar-refractivity contribution in [2.24, 2.45) is 5.92 Å². The zero-order valence-corrected chi connectivity index (χ0v) is 16.4. The van der Waals surface area contributed by atoms with E-state index in [2.05, 4.69) is 20.1 Å². The van der Waals surface area contributed by atoms with E-state index in [1.165, 1.54) is 0 Å². The minimum absolute atomic E-state index is 0.00522. The van der Waals surface area contributed by atoms with Crippen LogP contribution in [0, 0.1) is 5.92 Å². The van der Waals surface area contributed by atoms with Gasteiger partial charge in [-0.2, -0.15) is 0 Å². The molecule has 1 aliphatic carbocycles. The first kappa shape index (κ1) is 18.1. The van der Waals surface area contributed by atoms with Crippen molar-refractivity contribution in [1.29, 1.82) is 0 Å². The first-order valence-electron chi connectivity index (χ1n) is 9.75. The topological polar surface area (TPSA) is 70.3 Å². The predicted octanol–water partition coefficient (Wildman–Crippen LogP) is 2.51. The van der Waals surface area contributed by atoms with Crippen LogP contribution < -0.4 is 4.90 Å². The van der Waals surface area contributed by atoms with E-state index < -0.39 is 6.17 Å². The van der Waals surface area contributed by atoms with E-state index >= 15 is 0 Å². The smallest absolute Gasteiger partial charge is 0.151 e. The Morgan fingerprint density at radius 1 is 1.21 bits per heavy atom. The second kappa shape index (κ2) is 6.81. The van der Waals surface area contributed by atoms with Gasteiger partial charge in [-0.05, 0) is 43.7 Å². The Labute approximate surface area is 168 Å². The molecule has 0 radical (unpaired) electrons. The number of rotatable bonds is 4. The molecule has 1 N–H and O–H groups in total. The summed E-state index contributed by atoms with van der Waals surface area (Å²) in [6.07, 6.45) is 5.18. The number of hydrogen-bond donors (Lipinski definition) is 1. The number of hydrogen-bond acceptors (Lipinski definition) is 6. The van der Waals surface area contributed by atoms with Crippen molar-refractivity contribution in [3.8, 4) is 22.7 Å². The van der Waals surface area contributed by atoms with E-state index in [0.29, 0.717) is 23.0 Å². The summed E-state index contributed by atoms with van der Waals surface area (Å²) in [7, 11) is 3.88. The number of phenolic OH excluding ortho intramolecular Hbond substituents is 1. The van der Waals surface area contributed by atoms with Crippen LogP contribution in [0.5, 0.6) is 5.75 Å². The molecule has 1 saturated carbocycles. The lowest BCUT2D eigenvalue weighted by molar-refractivity contribution is 0.126. The highest BCUT2D eigenvalue weighted by Gasteiger charge is 2.52. The molecule has 2 fully saturated rings. The second-order valence-corrected chi connectivity index (χ2v) is 8.00. The van der Waals surface area contributed by atoms with E-state index in [9.17, 15) is 9.50 Å². The minimum atomic E-state index is -0.884. The molecule has 1 aliphatic heterocycles. The number of aromatic hydroxyl groups is 1. The molecule has 3 heterocycles. The molecule has 4 atom stereocenters. The van der Waals surface area contributed by atoms with Gasteiger partial charge in [0.1, 0.15) is 11.9 Å². The Morgan fingerprint density at radius 3 is 2.69 bits per heavy atom. The van der Waals surface area contributed by atoms with Gasteiger partial charge >= 0.3 is 0 Å². The summed E-state index contributed by atoms with van der Waals surface area (Å²) in [6.45, 7) is 0.919. The Bertz CT molecular complexity index is 1010. The first-order chi connectivity index (χ1) is 14.0. The van der Waals surface area contributed by atoms with Crippen molar-refractivity contribution in [2.75, 3.05) is 25.5 Å². The van der Waals surface area contributed by atoms with E-state index in [1.54, 1.807) is 24.7 Å². The summed E-state index contributed by atoms with van der Waals surface area (Å²) in [4.78, 5) is 8.05. The number of halogens is 1. The minimum Gasteiger partial charge on any atom is -0.507 e. The van der Waals surface area contributed by atoms with Gasteiger partial charge in [0.05, 0.1) is 23.8 Å². The molecule has 5 rings (SSSR count). The van der Waals surface area contributed by atoms with Crippen LogP contribution in [-0.4, -0.2) is 68.7 Å². The van der Waals surface area contributed by atoms with Crippen LogP contribution in [0.1, 0.15) is 6.42 Å². The number of anilines is 1. The number of alkyl halides is 1. The van der Waals surface area contributed by atoms with Crippen LogP contribution in [0.25, 0.3) is 16.9 Å². The summed E-state index contributed by atoms with van der Waals surface area (Å²) in [5, 5.41) is 19.1. The quantitative estimate of drug-likeness (QED) is 0.733. The molecule has 2 aromatic heterocycles. The average Bonchev–Trinajstić information content (AvgIpc) is 3.44. The van der Waals surface area contributed by atoms with E-state index in [0.717, 1.165) is 18.7 Å². The molecule has 8 heteroatoms. The van der Waals surface area contributed by atoms with Crippen molar-refractivity contribution < 1.29 is 9.50 Å². The average molecular weight is 394 g/mol. The zero-order chi connectivity index (χ0) is 20.1. The number of benzene rings is 1. The maximum Gasteiger partial charge on any atom is 0.151 e.